The monoisotopic (exact) mass is 432 g/mol. The highest BCUT2D eigenvalue weighted by Crippen LogP contribution is 2.30. The van der Waals surface area contributed by atoms with Crippen molar-refractivity contribution in [1.29, 1.82) is 0 Å². The molecule has 1 aromatic rings. The maximum atomic E-state index is 14.7. The Kier molecular flexibility index (Phi) is 6.85. The normalized spacial score (nSPS) is 28.9. The van der Waals surface area contributed by atoms with Crippen LogP contribution in [0.15, 0.2) is 40.8 Å². The summed E-state index contributed by atoms with van der Waals surface area (Å²) in [6, 6.07) is 6.57. The Hall–Kier alpha value is -2.48. The number of halogens is 2. The van der Waals surface area contributed by atoms with Gasteiger partial charge in [0.15, 0.2) is 12.1 Å². The lowest BCUT2D eigenvalue weighted by Gasteiger charge is -2.38. The zero-order chi connectivity index (χ0) is 21.8. The van der Waals surface area contributed by atoms with E-state index in [0.717, 1.165) is 44.3 Å². The molecule has 1 saturated carbocycles. The van der Waals surface area contributed by atoms with Crippen LogP contribution in [-0.4, -0.2) is 44.7 Å². The number of carbonyl (C=O) groups excluding carboxylic acids is 1. The van der Waals surface area contributed by atoms with Crippen LogP contribution in [0.2, 0.25) is 0 Å². The molecule has 0 spiro atoms. The zero-order valence-electron chi connectivity index (χ0n) is 17.8. The van der Waals surface area contributed by atoms with Crippen LogP contribution in [0.1, 0.15) is 38.5 Å². The van der Waals surface area contributed by atoms with Crippen molar-refractivity contribution in [3.8, 4) is 0 Å². The largest absolute Gasteiger partial charge is 0.469 e. The number of esters is 1. The van der Waals surface area contributed by atoms with Crippen molar-refractivity contribution in [3.63, 3.8) is 0 Å². The number of hydrogen-bond donors (Lipinski definition) is 2. The Bertz CT molecular complexity index is 842. The average Bonchev–Trinajstić information content (AvgIpc) is 2.80. The van der Waals surface area contributed by atoms with Gasteiger partial charge in [0.1, 0.15) is 5.82 Å². The maximum absolute atomic E-state index is 14.7. The van der Waals surface area contributed by atoms with Crippen LogP contribution in [0, 0.1) is 17.7 Å². The molecule has 8 heteroatoms. The summed E-state index contributed by atoms with van der Waals surface area (Å²) in [7, 11) is 1.42. The number of ether oxygens (including phenoxy) is 1. The predicted octanol–water partition coefficient (Wildman–Crippen LogP) is 3.50. The molecule has 4 rings (SSSR count). The Balaban J connectivity index is 1.38. The third-order valence-electron chi connectivity index (χ3n) is 6.51. The van der Waals surface area contributed by atoms with Crippen molar-refractivity contribution < 1.29 is 18.3 Å². The molecule has 1 saturated heterocycles. The van der Waals surface area contributed by atoms with Crippen LogP contribution in [0.3, 0.4) is 0 Å². The molecule has 2 N–H and O–H groups in total. The highest BCUT2D eigenvalue weighted by atomic mass is 19.1. The van der Waals surface area contributed by atoms with Crippen LogP contribution >= 0.6 is 0 Å². The molecule has 0 aromatic heterocycles. The molecule has 4 atom stereocenters. The Morgan fingerprint density at radius 3 is 2.77 bits per heavy atom. The number of allylic oxidation sites excluding steroid dienone is 1. The van der Waals surface area contributed by atoms with Crippen molar-refractivity contribution >= 4 is 17.9 Å². The quantitative estimate of drug-likeness (QED) is 0.698. The number of carbonyl (C=O) groups is 1. The molecule has 0 amide bonds. The van der Waals surface area contributed by atoms with Crippen molar-refractivity contribution in [1.82, 2.24) is 10.6 Å². The first kappa shape index (κ1) is 21.7. The number of rotatable bonds is 5. The van der Waals surface area contributed by atoms with Gasteiger partial charge < -0.3 is 15.0 Å². The molecule has 1 aromatic carbocycles. The minimum atomic E-state index is -0.419. The first-order chi connectivity index (χ1) is 15.0. The summed E-state index contributed by atoms with van der Waals surface area (Å²) in [5.41, 5.74) is 1.52. The van der Waals surface area contributed by atoms with E-state index < -0.39 is 6.29 Å². The fourth-order valence-electron chi connectivity index (χ4n) is 4.90. The summed E-state index contributed by atoms with van der Waals surface area (Å²) in [6.45, 7) is 1.53. The third-order valence-corrected chi connectivity index (χ3v) is 6.51. The first-order valence-electron chi connectivity index (χ1n) is 11.1. The first-order valence-corrected chi connectivity index (χ1v) is 11.1. The van der Waals surface area contributed by atoms with Gasteiger partial charge in [0, 0.05) is 30.7 Å². The van der Waals surface area contributed by atoms with E-state index in [-0.39, 0.29) is 35.5 Å². The van der Waals surface area contributed by atoms with E-state index in [1.807, 2.05) is 0 Å². The Morgan fingerprint density at radius 1 is 1.19 bits per heavy atom. The molecule has 6 nitrogen and oxygen atoms in total. The number of hydrogen-bond acceptors (Lipinski definition) is 6. The van der Waals surface area contributed by atoms with E-state index in [1.54, 1.807) is 12.1 Å². The molecule has 1 aliphatic carbocycles. The lowest BCUT2D eigenvalue weighted by atomic mass is 9.85. The number of benzene rings is 1. The van der Waals surface area contributed by atoms with Crippen LogP contribution < -0.4 is 15.5 Å². The highest BCUT2D eigenvalue weighted by Gasteiger charge is 2.32. The Morgan fingerprint density at radius 2 is 2.00 bits per heavy atom. The van der Waals surface area contributed by atoms with Crippen LogP contribution in [0.4, 0.5) is 14.5 Å². The van der Waals surface area contributed by atoms with E-state index in [2.05, 4.69) is 20.5 Å². The fourth-order valence-corrected chi connectivity index (χ4v) is 4.90. The van der Waals surface area contributed by atoms with Gasteiger partial charge >= 0.3 is 5.97 Å². The van der Waals surface area contributed by atoms with E-state index in [0.29, 0.717) is 18.7 Å². The van der Waals surface area contributed by atoms with Gasteiger partial charge in [-0.2, -0.15) is 0 Å². The maximum Gasteiger partial charge on any atom is 0.308 e. The summed E-state index contributed by atoms with van der Waals surface area (Å²) < 4.78 is 32.9. The second kappa shape index (κ2) is 9.77. The van der Waals surface area contributed by atoms with Gasteiger partial charge in [-0.25, -0.2) is 8.78 Å². The average molecular weight is 433 g/mol. The zero-order valence-corrected chi connectivity index (χ0v) is 17.8. The topological polar surface area (TPSA) is 66.0 Å². The van der Waals surface area contributed by atoms with E-state index in [9.17, 15) is 13.6 Å². The smallest absolute Gasteiger partial charge is 0.308 e. The molecule has 31 heavy (non-hydrogen) atoms. The Labute approximate surface area is 181 Å². The summed E-state index contributed by atoms with van der Waals surface area (Å²) >= 11 is 0. The van der Waals surface area contributed by atoms with Gasteiger partial charge in [0.25, 0.3) is 0 Å². The summed E-state index contributed by atoms with van der Waals surface area (Å²) in [5, 5.41) is 6.68. The number of methoxy groups -OCH3 is 1. The minimum absolute atomic E-state index is 0.00373. The van der Waals surface area contributed by atoms with Gasteiger partial charge in [-0.3, -0.25) is 15.1 Å². The summed E-state index contributed by atoms with van der Waals surface area (Å²) in [6.07, 6.45) is 6.11. The SMILES string of the molecule is COC(=O)[C@@H]1CCC[C@H](NC2N=CC(F)=C(C3CCCN(c4ccc(F)cc4)C3)N2)C1. The molecule has 2 heterocycles. The molecule has 168 valence electrons. The standard InChI is InChI=1S/C23H30F2N4O2/c1-31-22(30)15-4-2-6-18(12-15)27-23-26-13-20(25)21(28-23)16-5-3-11-29(14-16)19-9-7-17(24)8-10-19/h7-10,13,15-16,18,23,27-28H,2-6,11-12,14H2,1H3/t15-,16?,18+,23?/m1/s1. The van der Waals surface area contributed by atoms with Crippen LogP contribution in [-0.2, 0) is 9.53 Å². The highest BCUT2D eigenvalue weighted by molar-refractivity contribution is 5.78. The van der Waals surface area contributed by atoms with Crippen molar-refractivity contribution in [2.45, 2.75) is 50.9 Å². The van der Waals surface area contributed by atoms with Gasteiger partial charge in [0.2, 0.25) is 0 Å². The molecule has 2 fully saturated rings. The molecule has 0 radical (unpaired) electrons. The van der Waals surface area contributed by atoms with E-state index >= 15 is 0 Å². The lowest BCUT2D eigenvalue weighted by molar-refractivity contribution is -0.146. The molecular weight excluding hydrogens is 402 g/mol. The lowest BCUT2D eigenvalue weighted by Crippen LogP contribution is -2.51. The molecule has 3 aliphatic rings. The van der Waals surface area contributed by atoms with E-state index in [1.165, 1.54) is 25.5 Å². The van der Waals surface area contributed by atoms with Crippen molar-refractivity contribution in [2.75, 3.05) is 25.1 Å². The van der Waals surface area contributed by atoms with Crippen LogP contribution in [0.25, 0.3) is 0 Å². The number of piperidine rings is 1. The molecule has 0 bridgehead atoms. The second-order valence-electron chi connectivity index (χ2n) is 8.60. The minimum Gasteiger partial charge on any atom is -0.469 e. The van der Waals surface area contributed by atoms with Gasteiger partial charge in [-0.1, -0.05) is 6.42 Å². The number of nitrogens with one attached hydrogen (secondary N) is 2. The predicted molar refractivity (Wildman–Crippen MR) is 116 cm³/mol. The summed E-state index contributed by atoms with van der Waals surface area (Å²) in [4.78, 5) is 18.3. The van der Waals surface area contributed by atoms with E-state index in [4.69, 9.17) is 4.74 Å². The van der Waals surface area contributed by atoms with Gasteiger partial charge in [-0.15, -0.1) is 0 Å². The van der Waals surface area contributed by atoms with Crippen molar-refractivity contribution in [3.05, 3.63) is 41.6 Å². The van der Waals surface area contributed by atoms with Gasteiger partial charge in [-0.05, 0) is 56.4 Å². The number of aliphatic imine (C=N–C) groups is 1. The number of nitrogens with zero attached hydrogens (tertiary/aromatic N) is 2. The summed E-state index contributed by atoms with van der Waals surface area (Å²) in [5.74, 6) is -0.856. The fraction of sp³-hybridized carbons (Fsp3) is 0.565. The second-order valence-corrected chi connectivity index (χ2v) is 8.60. The van der Waals surface area contributed by atoms with Crippen LogP contribution in [0.5, 0.6) is 0 Å². The molecule has 2 aliphatic heterocycles. The van der Waals surface area contributed by atoms with Gasteiger partial charge in [0.05, 0.1) is 24.9 Å². The molecular formula is C23H30F2N4O2. The number of anilines is 1. The third kappa shape index (κ3) is 5.23. The molecule has 2 unspecified atom stereocenters. The van der Waals surface area contributed by atoms with Crippen molar-refractivity contribution in [2.24, 2.45) is 16.8 Å².